The second kappa shape index (κ2) is 9.25. The summed E-state index contributed by atoms with van der Waals surface area (Å²) in [7, 11) is 3.94. The normalized spacial score (nSPS) is 14.1. The van der Waals surface area contributed by atoms with Crippen molar-refractivity contribution in [2.75, 3.05) is 30.9 Å². The van der Waals surface area contributed by atoms with E-state index in [9.17, 15) is 9.59 Å². The predicted molar refractivity (Wildman–Crippen MR) is 125 cm³/mol. The van der Waals surface area contributed by atoms with Crippen molar-refractivity contribution >= 4 is 28.8 Å². The van der Waals surface area contributed by atoms with Crippen LogP contribution in [0.2, 0.25) is 0 Å². The molecule has 0 saturated heterocycles. The molecular formula is C25H31N3O3. The number of benzene rings is 2. The van der Waals surface area contributed by atoms with Gasteiger partial charge in [-0.25, -0.2) is 0 Å². The molecule has 3 rings (SSSR count). The predicted octanol–water partition coefficient (Wildman–Crippen LogP) is 4.39. The van der Waals surface area contributed by atoms with Crippen LogP contribution in [0.25, 0.3) is 5.57 Å². The molecule has 1 N–H and O–H groups in total. The SMILES string of the molecule is CC(C)CN1C(=O)C(Nc2ccc(N(C)C)cc2)=C(c2ccc(OC(C)C)cc2)C1=O. The molecule has 6 nitrogen and oxygen atoms in total. The molecule has 0 aromatic heterocycles. The van der Waals surface area contributed by atoms with Crippen LogP contribution in [0.5, 0.6) is 5.75 Å². The van der Waals surface area contributed by atoms with Crippen LogP contribution in [0.1, 0.15) is 33.3 Å². The summed E-state index contributed by atoms with van der Waals surface area (Å²) in [5.74, 6) is 0.329. The lowest BCUT2D eigenvalue weighted by molar-refractivity contribution is -0.137. The van der Waals surface area contributed by atoms with E-state index in [0.717, 1.165) is 17.1 Å². The van der Waals surface area contributed by atoms with Gasteiger partial charge in [0.1, 0.15) is 11.4 Å². The molecule has 2 aromatic rings. The first-order valence-corrected chi connectivity index (χ1v) is 10.6. The number of carbonyl (C=O) groups is 2. The van der Waals surface area contributed by atoms with Gasteiger partial charge in [-0.2, -0.15) is 0 Å². The van der Waals surface area contributed by atoms with E-state index < -0.39 is 0 Å². The van der Waals surface area contributed by atoms with Gasteiger partial charge < -0.3 is 15.0 Å². The molecule has 6 heteroatoms. The fraction of sp³-hybridized carbons (Fsp3) is 0.360. The Hall–Kier alpha value is -3.28. The van der Waals surface area contributed by atoms with Gasteiger partial charge in [0.2, 0.25) is 0 Å². The van der Waals surface area contributed by atoms with Crippen LogP contribution in [-0.2, 0) is 9.59 Å². The second-order valence-electron chi connectivity index (χ2n) is 8.62. The lowest BCUT2D eigenvalue weighted by Gasteiger charge is -2.17. The Kier molecular flexibility index (Phi) is 6.68. The highest BCUT2D eigenvalue weighted by molar-refractivity contribution is 6.36. The molecule has 1 aliphatic heterocycles. The van der Waals surface area contributed by atoms with E-state index in [0.29, 0.717) is 23.4 Å². The van der Waals surface area contributed by atoms with Crippen molar-refractivity contribution in [2.45, 2.75) is 33.8 Å². The average molecular weight is 422 g/mol. The van der Waals surface area contributed by atoms with Gasteiger partial charge in [-0.15, -0.1) is 0 Å². The number of nitrogens with one attached hydrogen (secondary N) is 1. The molecule has 0 aliphatic carbocycles. The Morgan fingerprint density at radius 3 is 2.03 bits per heavy atom. The number of imide groups is 1. The van der Waals surface area contributed by atoms with Gasteiger partial charge >= 0.3 is 0 Å². The Balaban J connectivity index is 1.98. The third-order valence-electron chi connectivity index (χ3n) is 4.88. The molecule has 0 unspecified atom stereocenters. The maximum atomic E-state index is 13.2. The quantitative estimate of drug-likeness (QED) is 0.641. The largest absolute Gasteiger partial charge is 0.491 e. The van der Waals surface area contributed by atoms with Crippen LogP contribution in [0.4, 0.5) is 11.4 Å². The van der Waals surface area contributed by atoms with Crippen LogP contribution in [0, 0.1) is 5.92 Å². The van der Waals surface area contributed by atoms with Gasteiger partial charge in [-0.3, -0.25) is 14.5 Å². The number of carbonyl (C=O) groups excluding carboxylic acids is 2. The standard InChI is InChI=1S/C25H31N3O3/c1-16(2)15-28-24(29)22(18-7-13-21(14-8-18)31-17(3)4)23(25(28)30)26-19-9-11-20(12-10-19)27(5)6/h7-14,16-17,26H,15H2,1-6H3. The fourth-order valence-electron chi connectivity index (χ4n) is 3.45. The average Bonchev–Trinajstić information content (AvgIpc) is 2.93. The van der Waals surface area contributed by atoms with Gasteiger partial charge in [0.05, 0.1) is 11.7 Å². The third-order valence-corrected chi connectivity index (χ3v) is 4.88. The number of ether oxygens (including phenoxy) is 1. The van der Waals surface area contributed by atoms with Crippen molar-refractivity contribution in [2.24, 2.45) is 5.92 Å². The molecule has 0 spiro atoms. The first-order chi connectivity index (χ1) is 14.7. The lowest BCUT2D eigenvalue weighted by Crippen LogP contribution is -2.35. The summed E-state index contributed by atoms with van der Waals surface area (Å²) in [6.07, 6.45) is 0.0589. The van der Waals surface area contributed by atoms with E-state index in [1.54, 1.807) is 0 Å². The van der Waals surface area contributed by atoms with Gasteiger partial charge in [0, 0.05) is 32.0 Å². The van der Waals surface area contributed by atoms with Crippen LogP contribution < -0.4 is 15.0 Å². The molecule has 2 amide bonds. The molecule has 0 atom stereocenters. The maximum Gasteiger partial charge on any atom is 0.278 e. The minimum Gasteiger partial charge on any atom is -0.491 e. The first-order valence-electron chi connectivity index (χ1n) is 10.6. The topological polar surface area (TPSA) is 61.9 Å². The maximum absolute atomic E-state index is 13.2. The number of nitrogens with zero attached hydrogens (tertiary/aromatic N) is 2. The highest BCUT2D eigenvalue weighted by Crippen LogP contribution is 2.32. The summed E-state index contributed by atoms with van der Waals surface area (Å²) < 4.78 is 5.71. The van der Waals surface area contributed by atoms with Crippen LogP contribution >= 0.6 is 0 Å². The van der Waals surface area contributed by atoms with Crippen molar-refractivity contribution in [1.82, 2.24) is 4.90 Å². The number of anilines is 2. The van der Waals surface area contributed by atoms with Crippen LogP contribution in [0.15, 0.2) is 54.2 Å². The zero-order valence-corrected chi connectivity index (χ0v) is 19.1. The molecule has 1 heterocycles. The summed E-state index contributed by atoms with van der Waals surface area (Å²) in [6, 6.07) is 15.1. The van der Waals surface area contributed by atoms with E-state index in [1.807, 2.05) is 95.2 Å². The van der Waals surface area contributed by atoms with Crippen molar-refractivity contribution in [3.05, 3.63) is 59.8 Å². The zero-order valence-electron chi connectivity index (χ0n) is 19.1. The van der Waals surface area contributed by atoms with Crippen molar-refractivity contribution in [3.8, 4) is 5.75 Å². The molecule has 0 bridgehead atoms. The minimum absolute atomic E-state index is 0.0589. The highest BCUT2D eigenvalue weighted by atomic mass is 16.5. The summed E-state index contributed by atoms with van der Waals surface area (Å²) in [6.45, 7) is 8.28. The van der Waals surface area contributed by atoms with Gasteiger partial charge in [-0.1, -0.05) is 26.0 Å². The monoisotopic (exact) mass is 421 g/mol. The first kappa shape index (κ1) is 22.4. The van der Waals surface area contributed by atoms with Crippen molar-refractivity contribution < 1.29 is 14.3 Å². The smallest absolute Gasteiger partial charge is 0.278 e. The van der Waals surface area contributed by atoms with E-state index in [4.69, 9.17) is 4.74 Å². The minimum atomic E-state index is -0.298. The van der Waals surface area contributed by atoms with Crippen molar-refractivity contribution in [3.63, 3.8) is 0 Å². The highest BCUT2D eigenvalue weighted by Gasteiger charge is 2.39. The molecule has 0 fully saturated rings. The Labute approximate surface area is 184 Å². The van der Waals surface area contributed by atoms with Crippen molar-refractivity contribution in [1.29, 1.82) is 0 Å². The lowest BCUT2D eigenvalue weighted by atomic mass is 10.0. The number of amides is 2. The molecule has 0 saturated carbocycles. The molecule has 2 aromatic carbocycles. The fourth-order valence-corrected chi connectivity index (χ4v) is 3.45. The number of hydrogen-bond acceptors (Lipinski definition) is 5. The number of rotatable bonds is 8. The van der Waals surface area contributed by atoms with E-state index >= 15 is 0 Å². The third kappa shape index (κ3) is 5.08. The van der Waals surface area contributed by atoms with E-state index in [-0.39, 0.29) is 23.8 Å². The Bertz CT molecular complexity index is 974. The van der Waals surface area contributed by atoms with E-state index in [1.165, 1.54) is 4.90 Å². The summed E-state index contributed by atoms with van der Waals surface area (Å²) in [4.78, 5) is 29.7. The molecular weight excluding hydrogens is 390 g/mol. The molecule has 31 heavy (non-hydrogen) atoms. The molecule has 1 aliphatic rings. The summed E-state index contributed by atoms with van der Waals surface area (Å²) >= 11 is 0. The summed E-state index contributed by atoms with van der Waals surface area (Å²) in [5.41, 5.74) is 3.19. The Morgan fingerprint density at radius 2 is 1.52 bits per heavy atom. The Morgan fingerprint density at radius 1 is 0.903 bits per heavy atom. The van der Waals surface area contributed by atoms with Crippen LogP contribution in [-0.4, -0.2) is 43.5 Å². The van der Waals surface area contributed by atoms with Crippen LogP contribution in [0.3, 0.4) is 0 Å². The zero-order chi connectivity index (χ0) is 22.7. The number of hydrogen-bond donors (Lipinski definition) is 1. The van der Waals surface area contributed by atoms with Gasteiger partial charge in [0.25, 0.3) is 11.8 Å². The molecule has 164 valence electrons. The van der Waals surface area contributed by atoms with Gasteiger partial charge in [0.15, 0.2) is 0 Å². The molecule has 0 radical (unpaired) electrons. The second-order valence-corrected chi connectivity index (χ2v) is 8.62. The van der Waals surface area contributed by atoms with Gasteiger partial charge in [-0.05, 0) is 61.7 Å². The summed E-state index contributed by atoms with van der Waals surface area (Å²) in [5, 5.41) is 3.20. The van der Waals surface area contributed by atoms with E-state index in [2.05, 4.69) is 5.32 Å².